The molecule has 8 heteroatoms. The summed E-state index contributed by atoms with van der Waals surface area (Å²) in [5.74, 6) is 0.187. The van der Waals surface area contributed by atoms with Crippen LogP contribution in [0.2, 0.25) is 0 Å². The van der Waals surface area contributed by atoms with Gasteiger partial charge >= 0.3 is 0 Å². The lowest BCUT2D eigenvalue weighted by Gasteiger charge is -2.26. The third-order valence-electron chi connectivity index (χ3n) is 5.95. The van der Waals surface area contributed by atoms with E-state index in [1.165, 1.54) is 15.9 Å². The van der Waals surface area contributed by atoms with Gasteiger partial charge in [0.2, 0.25) is 15.9 Å². The minimum atomic E-state index is -3.61. The van der Waals surface area contributed by atoms with Crippen LogP contribution in [0.3, 0.4) is 0 Å². The molecule has 1 unspecified atom stereocenters. The molecule has 1 heterocycles. The number of nitrogens with one attached hydrogen (secondary N) is 2. The van der Waals surface area contributed by atoms with E-state index in [1.54, 1.807) is 12.1 Å². The van der Waals surface area contributed by atoms with Gasteiger partial charge in [-0.25, -0.2) is 8.42 Å². The number of carbonyl (C=O) groups excluding carboxylic acids is 1. The molecule has 0 bridgehead atoms. The summed E-state index contributed by atoms with van der Waals surface area (Å²) in [6.07, 6.45) is 2.78. The summed E-state index contributed by atoms with van der Waals surface area (Å²) in [4.78, 5) is 12.9. The summed E-state index contributed by atoms with van der Waals surface area (Å²) in [7, 11) is -3.61. The Morgan fingerprint density at radius 1 is 1.09 bits per heavy atom. The molecule has 0 aromatic heterocycles. The quantitative estimate of drug-likeness (QED) is 0.571. The molecule has 2 N–H and O–H groups in total. The number of carbonyl (C=O) groups is 1. The summed E-state index contributed by atoms with van der Waals surface area (Å²) < 4.78 is 33.3. The first-order valence-electron chi connectivity index (χ1n) is 11.6. The van der Waals surface area contributed by atoms with Crippen LogP contribution < -0.4 is 15.4 Å². The van der Waals surface area contributed by atoms with Crippen molar-refractivity contribution >= 4 is 21.6 Å². The molecule has 7 nitrogen and oxygen atoms in total. The van der Waals surface area contributed by atoms with Crippen LogP contribution in [0.25, 0.3) is 0 Å². The van der Waals surface area contributed by atoms with Crippen LogP contribution in [0.1, 0.15) is 55.8 Å². The first-order chi connectivity index (χ1) is 15.7. The number of nitrogens with zero attached hydrogens (tertiary/aromatic N) is 1. The fourth-order valence-electron chi connectivity index (χ4n) is 4.08. The Morgan fingerprint density at radius 2 is 1.82 bits per heavy atom. The van der Waals surface area contributed by atoms with Crippen molar-refractivity contribution in [2.24, 2.45) is 0 Å². The van der Waals surface area contributed by atoms with Gasteiger partial charge in [0.15, 0.2) is 0 Å². The number of piperidine rings is 1. The van der Waals surface area contributed by atoms with Gasteiger partial charge in [-0.15, -0.1) is 0 Å². The second-order valence-corrected chi connectivity index (χ2v) is 10.5. The normalized spacial score (nSPS) is 15.8. The molecule has 1 aliphatic rings. The molecular formula is C25H35N3O4S. The van der Waals surface area contributed by atoms with Gasteiger partial charge in [0.05, 0.1) is 23.7 Å². The lowest BCUT2D eigenvalue weighted by molar-refractivity contribution is -0.115. The summed E-state index contributed by atoms with van der Waals surface area (Å²) in [5.41, 5.74) is 3.84. The number of hydrogen-bond acceptors (Lipinski definition) is 5. The lowest BCUT2D eigenvalue weighted by Crippen LogP contribution is -2.35. The number of sulfonamides is 1. The number of hydrogen-bond donors (Lipinski definition) is 2. The average Bonchev–Trinajstić information content (AvgIpc) is 2.80. The highest BCUT2D eigenvalue weighted by molar-refractivity contribution is 7.89. The van der Waals surface area contributed by atoms with Gasteiger partial charge in [-0.1, -0.05) is 30.2 Å². The summed E-state index contributed by atoms with van der Waals surface area (Å²) >= 11 is 0. The molecule has 1 atom stereocenters. The van der Waals surface area contributed by atoms with E-state index in [9.17, 15) is 13.2 Å². The van der Waals surface area contributed by atoms with Crippen LogP contribution in [-0.4, -0.2) is 44.9 Å². The SMILES string of the molecule is CCOc1ccc(S(=O)(=O)N2CCCCC2)cc1NC(=O)CNC(C)c1cc(C)ccc1C. The van der Waals surface area contributed by atoms with Gasteiger partial charge < -0.3 is 15.4 Å². The van der Waals surface area contributed by atoms with Crippen molar-refractivity contribution in [3.63, 3.8) is 0 Å². The minimum Gasteiger partial charge on any atom is -0.492 e. The Hall–Kier alpha value is -2.42. The fourth-order valence-corrected chi connectivity index (χ4v) is 5.62. The Kier molecular flexibility index (Phi) is 8.51. The maximum Gasteiger partial charge on any atom is 0.243 e. The molecule has 0 radical (unpaired) electrons. The fraction of sp³-hybridized carbons (Fsp3) is 0.480. The van der Waals surface area contributed by atoms with E-state index in [4.69, 9.17) is 4.74 Å². The van der Waals surface area contributed by atoms with Gasteiger partial charge in [-0.05, 0) is 69.9 Å². The van der Waals surface area contributed by atoms with E-state index in [0.717, 1.165) is 30.4 Å². The molecule has 2 aromatic carbocycles. The molecule has 1 saturated heterocycles. The standard InChI is InChI=1S/C25H35N3O4S/c1-5-32-24-12-11-21(33(30,31)28-13-7-6-8-14-28)16-23(24)27-25(29)17-26-20(4)22-15-18(2)9-10-19(22)3/h9-12,15-16,20,26H,5-8,13-14,17H2,1-4H3,(H,27,29). The summed E-state index contributed by atoms with van der Waals surface area (Å²) in [6.45, 7) is 9.50. The number of ether oxygens (including phenoxy) is 1. The van der Waals surface area contributed by atoms with Crippen molar-refractivity contribution in [2.75, 3.05) is 31.6 Å². The zero-order valence-electron chi connectivity index (χ0n) is 20.0. The maximum absolute atomic E-state index is 13.1. The predicted octanol–water partition coefficient (Wildman–Crippen LogP) is 4.17. The molecule has 1 amide bonds. The third-order valence-corrected chi connectivity index (χ3v) is 7.84. The number of rotatable bonds is 9. The van der Waals surface area contributed by atoms with Crippen LogP contribution in [0.15, 0.2) is 41.3 Å². The number of benzene rings is 2. The van der Waals surface area contributed by atoms with E-state index in [0.29, 0.717) is 31.1 Å². The van der Waals surface area contributed by atoms with Crippen molar-refractivity contribution in [3.8, 4) is 5.75 Å². The minimum absolute atomic E-state index is 0.00664. The maximum atomic E-state index is 13.1. The second kappa shape index (κ2) is 11.1. The summed E-state index contributed by atoms with van der Waals surface area (Å²) in [5, 5.41) is 6.09. The van der Waals surface area contributed by atoms with E-state index >= 15 is 0 Å². The lowest BCUT2D eigenvalue weighted by atomic mass is 10.00. The Bertz CT molecular complexity index is 1080. The van der Waals surface area contributed by atoms with Crippen molar-refractivity contribution in [2.45, 2.75) is 57.9 Å². The van der Waals surface area contributed by atoms with Crippen molar-refractivity contribution in [1.29, 1.82) is 0 Å². The molecule has 2 aromatic rings. The Balaban J connectivity index is 1.73. The largest absolute Gasteiger partial charge is 0.492 e. The second-order valence-electron chi connectivity index (χ2n) is 8.57. The third kappa shape index (κ3) is 6.34. The number of anilines is 1. The van der Waals surface area contributed by atoms with Gasteiger partial charge in [0.1, 0.15) is 5.75 Å². The summed E-state index contributed by atoms with van der Waals surface area (Å²) in [6, 6.07) is 10.9. The van der Waals surface area contributed by atoms with E-state index in [2.05, 4.69) is 35.8 Å². The Labute approximate surface area is 197 Å². The molecular weight excluding hydrogens is 438 g/mol. The number of amides is 1. The highest BCUT2D eigenvalue weighted by atomic mass is 32.2. The van der Waals surface area contributed by atoms with Crippen LogP contribution >= 0.6 is 0 Å². The van der Waals surface area contributed by atoms with Gasteiger partial charge in [-0.2, -0.15) is 4.31 Å². The highest BCUT2D eigenvalue weighted by Gasteiger charge is 2.27. The zero-order chi connectivity index (χ0) is 24.0. The van der Waals surface area contributed by atoms with Crippen LogP contribution in [0.4, 0.5) is 5.69 Å². The molecule has 0 saturated carbocycles. The zero-order valence-corrected chi connectivity index (χ0v) is 20.8. The monoisotopic (exact) mass is 473 g/mol. The highest BCUT2D eigenvalue weighted by Crippen LogP contribution is 2.30. The van der Waals surface area contributed by atoms with Gasteiger partial charge in [-0.3, -0.25) is 4.79 Å². The molecule has 0 spiro atoms. The van der Waals surface area contributed by atoms with Crippen LogP contribution in [-0.2, 0) is 14.8 Å². The molecule has 1 fully saturated rings. The topological polar surface area (TPSA) is 87.7 Å². The molecule has 1 aliphatic heterocycles. The van der Waals surface area contributed by atoms with Crippen molar-refractivity contribution in [3.05, 3.63) is 53.1 Å². The first-order valence-corrected chi connectivity index (χ1v) is 13.0. The molecule has 3 rings (SSSR count). The predicted molar refractivity (Wildman–Crippen MR) is 131 cm³/mol. The molecule has 180 valence electrons. The van der Waals surface area contributed by atoms with E-state index in [-0.39, 0.29) is 23.4 Å². The van der Waals surface area contributed by atoms with Gasteiger partial charge in [0, 0.05) is 19.1 Å². The van der Waals surface area contributed by atoms with Crippen molar-refractivity contribution in [1.82, 2.24) is 9.62 Å². The van der Waals surface area contributed by atoms with E-state index < -0.39 is 10.0 Å². The Morgan fingerprint density at radius 3 is 2.52 bits per heavy atom. The van der Waals surface area contributed by atoms with Crippen LogP contribution in [0, 0.1) is 13.8 Å². The molecule has 0 aliphatic carbocycles. The number of aryl methyl sites for hydroxylation is 2. The van der Waals surface area contributed by atoms with Crippen LogP contribution in [0.5, 0.6) is 5.75 Å². The smallest absolute Gasteiger partial charge is 0.243 e. The van der Waals surface area contributed by atoms with Gasteiger partial charge in [0.25, 0.3) is 0 Å². The molecule has 33 heavy (non-hydrogen) atoms. The average molecular weight is 474 g/mol. The van der Waals surface area contributed by atoms with E-state index in [1.807, 2.05) is 20.8 Å². The first kappa shape index (κ1) is 25.2. The van der Waals surface area contributed by atoms with Crippen molar-refractivity contribution < 1.29 is 17.9 Å².